The number of aromatic amines is 1. The molecule has 0 radical (unpaired) electrons. The zero-order valence-corrected chi connectivity index (χ0v) is 16.8. The number of fused-ring (bicyclic) bond motifs is 1. The summed E-state index contributed by atoms with van der Waals surface area (Å²) in [5.41, 5.74) is 5.16. The van der Waals surface area contributed by atoms with Gasteiger partial charge in [-0.2, -0.15) is 0 Å². The first-order valence-corrected chi connectivity index (χ1v) is 10.1. The number of anilines is 3. The molecule has 2 N–H and O–H groups in total. The molecule has 1 fully saturated rings. The Bertz CT molecular complexity index is 1090. The van der Waals surface area contributed by atoms with Gasteiger partial charge in [0.05, 0.1) is 17.0 Å². The lowest BCUT2D eigenvalue weighted by molar-refractivity contribution is 0.100. The average Bonchev–Trinajstić information content (AvgIpc) is 3.21. The third kappa shape index (κ3) is 3.69. The number of rotatable bonds is 4. The molecule has 8 heteroatoms. The molecule has 0 spiro atoms. The number of benzene rings is 1. The van der Waals surface area contributed by atoms with E-state index in [0.29, 0.717) is 17.9 Å². The molecule has 1 amide bonds. The molecule has 0 aliphatic carbocycles. The predicted octanol–water partition coefficient (Wildman–Crippen LogP) is 2.73. The molecule has 0 atom stereocenters. The zero-order chi connectivity index (χ0) is 20.5. The van der Waals surface area contributed by atoms with Crippen LogP contribution >= 0.6 is 0 Å². The Kier molecular flexibility index (Phi) is 4.76. The van der Waals surface area contributed by atoms with Gasteiger partial charge in [-0.3, -0.25) is 4.79 Å². The van der Waals surface area contributed by atoms with Gasteiger partial charge in [-0.15, -0.1) is 0 Å². The second-order valence-electron chi connectivity index (χ2n) is 7.62. The number of carbonyl (C=O) groups is 1. The van der Waals surface area contributed by atoms with Crippen molar-refractivity contribution in [3.8, 4) is 11.4 Å². The Morgan fingerprint density at radius 3 is 2.63 bits per heavy atom. The van der Waals surface area contributed by atoms with Crippen LogP contribution in [-0.2, 0) is 6.42 Å². The van der Waals surface area contributed by atoms with Crippen LogP contribution in [0.5, 0.6) is 0 Å². The third-order valence-corrected chi connectivity index (χ3v) is 5.56. The number of hydrogen-bond donors (Lipinski definition) is 2. The largest absolute Gasteiger partial charge is 0.369 e. The molecular weight excluding hydrogens is 378 g/mol. The SMILES string of the molecule is CN1CCN(c2ccc(Nc3nccc(-c4cc5c([nH]4)CC=NC5=O)n3)cc2)CC1. The summed E-state index contributed by atoms with van der Waals surface area (Å²) in [5.74, 6) is 0.293. The Morgan fingerprint density at radius 2 is 1.87 bits per heavy atom. The van der Waals surface area contributed by atoms with Gasteiger partial charge < -0.3 is 20.1 Å². The van der Waals surface area contributed by atoms with Gasteiger partial charge >= 0.3 is 0 Å². The number of nitrogens with one attached hydrogen (secondary N) is 2. The molecular formula is C22H23N7O. The smallest absolute Gasteiger partial charge is 0.278 e. The number of H-pyrrole nitrogens is 1. The van der Waals surface area contributed by atoms with E-state index in [1.165, 1.54) is 5.69 Å². The van der Waals surface area contributed by atoms with Gasteiger partial charge in [0.25, 0.3) is 5.91 Å². The lowest BCUT2D eigenvalue weighted by atomic mass is 10.1. The van der Waals surface area contributed by atoms with Gasteiger partial charge in [0, 0.05) is 62.1 Å². The number of hydrogen-bond acceptors (Lipinski definition) is 6. The molecule has 3 aromatic rings. The maximum atomic E-state index is 11.9. The van der Waals surface area contributed by atoms with Crippen LogP contribution in [0.15, 0.2) is 47.6 Å². The number of likely N-dealkylation sites (N-methyl/N-ethyl adjacent to an activating group) is 1. The first-order valence-electron chi connectivity index (χ1n) is 10.1. The van der Waals surface area contributed by atoms with E-state index in [1.807, 2.05) is 24.3 Å². The fourth-order valence-corrected chi connectivity index (χ4v) is 3.79. The summed E-state index contributed by atoms with van der Waals surface area (Å²) in [4.78, 5) is 32.8. The van der Waals surface area contributed by atoms with Crippen molar-refractivity contribution in [1.29, 1.82) is 0 Å². The average molecular weight is 401 g/mol. The van der Waals surface area contributed by atoms with Crippen molar-refractivity contribution in [2.24, 2.45) is 4.99 Å². The van der Waals surface area contributed by atoms with Gasteiger partial charge in [-0.05, 0) is 43.4 Å². The van der Waals surface area contributed by atoms with Crippen molar-refractivity contribution in [3.63, 3.8) is 0 Å². The Labute approximate surface area is 174 Å². The number of aliphatic imine (C=N–C) groups is 1. The highest BCUT2D eigenvalue weighted by Gasteiger charge is 2.19. The van der Waals surface area contributed by atoms with Crippen LogP contribution in [0.3, 0.4) is 0 Å². The lowest BCUT2D eigenvalue weighted by Gasteiger charge is -2.34. The Balaban J connectivity index is 1.31. The summed E-state index contributed by atoms with van der Waals surface area (Å²) >= 11 is 0. The number of nitrogens with zero attached hydrogens (tertiary/aromatic N) is 5. The molecule has 0 saturated carbocycles. The van der Waals surface area contributed by atoms with E-state index in [-0.39, 0.29) is 5.91 Å². The zero-order valence-electron chi connectivity index (χ0n) is 16.8. The van der Waals surface area contributed by atoms with Crippen LogP contribution in [0.1, 0.15) is 16.1 Å². The van der Waals surface area contributed by atoms with E-state index in [9.17, 15) is 4.79 Å². The van der Waals surface area contributed by atoms with Gasteiger partial charge in [0.15, 0.2) is 0 Å². The van der Waals surface area contributed by atoms with Gasteiger partial charge in [-0.1, -0.05) is 0 Å². The van der Waals surface area contributed by atoms with Crippen molar-refractivity contribution in [2.45, 2.75) is 6.42 Å². The second-order valence-corrected chi connectivity index (χ2v) is 7.62. The predicted molar refractivity (Wildman–Crippen MR) is 118 cm³/mol. The van der Waals surface area contributed by atoms with E-state index >= 15 is 0 Å². The number of amides is 1. The highest BCUT2D eigenvalue weighted by molar-refractivity contribution is 6.04. The quantitative estimate of drug-likeness (QED) is 0.699. The number of aromatic nitrogens is 3. The molecule has 152 valence electrons. The van der Waals surface area contributed by atoms with Crippen LogP contribution in [-0.4, -0.2) is 65.2 Å². The van der Waals surface area contributed by atoms with Gasteiger partial charge in [-0.25, -0.2) is 15.0 Å². The molecule has 8 nitrogen and oxygen atoms in total. The summed E-state index contributed by atoms with van der Waals surface area (Å²) < 4.78 is 0. The molecule has 1 aromatic carbocycles. The van der Waals surface area contributed by atoms with Crippen molar-refractivity contribution in [1.82, 2.24) is 19.9 Å². The summed E-state index contributed by atoms with van der Waals surface area (Å²) in [5, 5.41) is 3.27. The summed E-state index contributed by atoms with van der Waals surface area (Å²) in [6, 6.07) is 12.0. The molecule has 1 saturated heterocycles. The topological polar surface area (TPSA) is 89.5 Å². The van der Waals surface area contributed by atoms with Crippen molar-refractivity contribution >= 4 is 29.4 Å². The Morgan fingerprint density at radius 1 is 1.07 bits per heavy atom. The minimum atomic E-state index is -0.216. The fourth-order valence-electron chi connectivity index (χ4n) is 3.79. The summed E-state index contributed by atoms with van der Waals surface area (Å²) in [6.45, 7) is 4.26. The number of piperazine rings is 1. The highest BCUT2D eigenvalue weighted by Crippen LogP contribution is 2.25. The van der Waals surface area contributed by atoms with Crippen molar-refractivity contribution < 1.29 is 4.79 Å². The summed E-state index contributed by atoms with van der Waals surface area (Å²) in [6.07, 6.45) is 3.96. The van der Waals surface area contributed by atoms with Crippen LogP contribution in [0.25, 0.3) is 11.4 Å². The summed E-state index contributed by atoms with van der Waals surface area (Å²) in [7, 11) is 2.16. The Hall–Kier alpha value is -3.52. The van der Waals surface area contributed by atoms with Crippen molar-refractivity contribution in [2.75, 3.05) is 43.4 Å². The van der Waals surface area contributed by atoms with Gasteiger partial charge in [0.1, 0.15) is 0 Å². The monoisotopic (exact) mass is 401 g/mol. The maximum Gasteiger partial charge on any atom is 0.278 e. The lowest BCUT2D eigenvalue weighted by Crippen LogP contribution is -2.44. The molecule has 2 aliphatic rings. The minimum Gasteiger partial charge on any atom is -0.369 e. The molecule has 2 aliphatic heterocycles. The number of carbonyl (C=O) groups excluding carboxylic acids is 1. The van der Waals surface area contributed by atoms with Crippen LogP contribution in [0.2, 0.25) is 0 Å². The van der Waals surface area contributed by atoms with Crippen molar-refractivity contribution in [3.05, 3.63) is 53.9 Å². The van der Waals surface area contributed by atoms with Crippen LogP contribution in [0.4, 0.5) is 17.3 Å². The maximum absolute atomic E-state index is 11.9. The van der Waals surface area contributed by atoms with Crippen LogP contribution < -0.4 is 10.2 Å². The molecule has 5 rings (SSSR count). The molecule has 2 aromatic heterocycles. The van der Waals surface area contributed by atoms with E-state index in [0.717, 1.165) is 48.9 Å². The van der Waals surface area contributed by atoms with Crippen LogP contribution in [0, 0.1) is 0 Å². The first kappa shape index (κ1) is 18.5. The van der Waals surface area contributed by atoms with Gasteiger partial charge in [0.2, 0.25) is 5.95 Å². The molecule has 0 bridgehead atoms. The molecule has 30 heavy (non-hydrogen) atoms. The fraction of sp³-hybridized carbons (Fsp3) is 0.273. The standard InChI is InChI=1S/C22H23N7O/c1-28-10-12-29(13-11-28)16-4-2-15(3-5-16)25-22-24-9-7-19(27-22)20-14-17-18(26-20)6-8-23-21(17)30/h2-5,7-9,14,26H,6,10-13H2,1H3,(H,24,25,27). The highest BCUT2D eigenvalue weighted by atomic mass is 16.1. The third-order valence-electron chi connectivity index (χ3n) is 5.56. The second kappa shape index (κ2) is 7.72. The first-order chi connectivity index (χ1) is 14.7. The minimum absolute atomic E-state index is 0.216. The molecule has 0 unspecified atom stereocenters. The van der Waals surface area contributed by atoms with E-state index < -0.39 is 0 Å². The normalized spacial score (nSPS) is 16.6. The molecule has 4 heterocycles. The van der Waals surface area contributed by atoms with E-state index in [2.05, 4.69) is 54.2 Å². The van der Waals surface area contributed by atoms with E-state index in [4.69, 9.17) is 0 Å². The van der Waals surface area contributed by atoms with E-state index in [1.54, 1.807) is 12.4 Å².